The van der Waals surface area contributed by atoms with Gasteiger partial charge in [0.1, 0.15) is 12.1 Å². The summed E-state index contributed by atoms with van der Waals surface area (Å²) in [4.78, 5) is 38.4. The molecule has 0 radical (unpaired) electrons. The number of amides is 2. The molecular weight excluding hydrogens is 372 g/mol. The number of carboxylic acids is 1. The van der Waals surface area contributed by atoms with E-state index in [1.165, 1.54) is 4.90 Å². The molecule has 0 aliphatic carbocycles. The molecule has 1 saturated heterocycles. The molecule has 2 rings (SSSR count). The van der Waals surface area contributed by atoms with Crippen LogP contribution in [0.3, 0.4) is 0 Å². The van der Waals surface area contributed by atoms with E-state index in [2.05, 4.69) is 5.32 Å². The average molecular weight is 405 g/mol. The van der Waals surface area contributed by atoms with Crippen LogP contribution in [-0.4, -0.2) is 59.0 Å². The van der Waals surface area contributed by atoms with E-state index in [1.54, 1.807) is 0 Å². The van der Waals surface area contributed by atoms with Gasteiger partial charge < -0.3 is 26.8 Å². The van der Waals surface area contributed by atoms with E-state index in [9.17, 15) is 19.5 Å². The van der Waals surface area contributed by atoms with Crippen molar-refractivity contribution in [2.75, 3.05) is 13.1 Å². The van der Waals surface area contributed by atoms with Crippen molar-refractivity contribution < 1.29 is 19.5 Å². The molecule has 1 heterocycles. The van der Waals surface area contributed by atoms with Gasteiger partial charge in [-0.1, -0.05) is 30.3 Å². The van der Waals surface area contributed by atoms with Crippen LogP contribution in [0, 0.1) is 0 Å². The Kier molecular flexibility index (Phi) is 9.08. The van der Waals surface area contributed by atoms with Crippen LogP contribution in [0.4, 0.5) is 0 Å². The number of nitrogens with one attached hydrogen (secondary N) is 1. The fraction of sp³-hybridized carbons (Fsp3) is 0.571. The molecular formula is C21H32N4O4. The molecule has 0 aromatic heterocycles. The first kappa shape index (κ1) is 22.8. The minimum absolute atomic E-state index is 0.351. The number of carbonyl (C=O) groups is 3. The summed E-state index contributed by atoms with van der Waals surface area (Å²) in [6.07, 6.45) is 4.00. The molecule has 3 atom stereocenters. The highest BCUT2D eigenvalue weighted by Gasteiger charge is 2.37. The van der Waals surface area contributed by atoms with Crippen molar-refractivity contribution in [2.24, 2.45) is 11.5 Å². The van der Waals surface area contributed by atoms with Gasteiger partial charge in [0, 0.05) is 6.54 Å². The number of hydrogen-bond acceptors (Lipinski definition) is 5. The molecule has 160 valence electrons. The maximum Gasteiger partial charge on any atom is 0.326 e. The zero-order chi connectivity index (χ0) is 21.2. The maximum atomic E-state index is 13.0. The summed E-state index contributed by atoms with van der Waals surface area (Å²) >= 11 is 0. The van der Waals surface area contributed by atoms with Crippen LogP contribution in [0.2, 0.25) is 0 Å². The van der Waals surface area contributed by atoms with E-state index in [0.717, 1.165) is 12.0 Å². The number of aliphatic carboxylic acids is 1. The molecule has 0 bridgehead atoms. The quantitative estimate of drug-likeness (QED) is 0.399. The highest BCUT2D eigenvalue weighted by atomic mass is 16.4. The smallest absolute Gasteiger partial charge is 0.326 e. The summed E-state index contributed by atoms with van der Waals surface area (Å²) in [6, 6.07) is 7.39. The number of unbranched alkanes of at least 4 members (excludes halogenated alkanes) is 1. The van der Waals surface area contributed by atoms with Crippen molar-refractivity contribution in [3.63, 3.8) is 0 Å². The maximum absolute atomic E-state index is 13.0. The number of rotatable bonds is 11. The highest BCUT2D eigenvalue weighted by Crippen LogP contribution is 2.20. The first-order valence-electron chi connectivity index (χ1n) is 10.3. The molecule has 8 nitrogen and oxygen atoms in total. The number of nitrogens with two attached hydrogens (primary N) is 2. The largest absolute Gasteiger partial charge is 0.480 e. The molecule has 1 fully saturated rings. The zero-order valence-corrected chi connectivity index (χ0v) is 16.8. The third kappa shape index (κ3) is 6.83. The number of benzene rings is 1. The Labute approximate surface area is 171 Å². The van der Waals surface area contributed by atoms with Crippen molar-refractivity contribution in [1.82, 2.24) is 10.2 Å². The van der Waals surface area contributed by atoms with Gasteiger partial charge in [0.05, 0.1) is 6.04 Å². The second kappa shape index (κ2) is 11.5. The number of carboxylic acid groups (broad SMARTS) is 1. The fourth-order valence-electron chi connectivity index (χ4n) is 3.61. The molecule has 1 aliphatic heterocycles. The van der Waals surface area contributed by atoms with Crippen LogP contribution in [0.15, 0.2) is 30.3 Å². The van der Waals surface area contributed by atoms with Gasteiger partial charge in [-0.25, -0.2) is 4.79 Å². The minimum atomic E-state index is -1.01. The van der Waals surface area contributed by atoms with Crippen molar-refractivity contribution in [2.45, 2.75) is 63.1 Å². The summed E-state index contributed by atoms with van der Waals surface area (Å²) in [7, 11) is 0. The Bertz CT molecular complexity index is 683. The lowest BCUT2D eigenvalue weighted by Gasteiger charge is -2.28. The molecule has 1 aliphatic rings. The highest BCUT2D eigenvalue weighted by molar-refractivity contribution is 5.92. The van der Waals surface area contributed by atoms with Gasteiger partial charge in [0.25, 0.3) is 0 Å². The van der Waals surface area contributed by atoms with Gasteiger partial charge >= 0.3 is 5.97 Å². The number of nitrogens with zero attached hydrogens (tertiary/aromatic N) is 1. The second-order valence-electron chi connectivity index (χ2n) is 7.50. The third-order valence-corrected chi connectivity index (χ3v) is 5.31. The van der Waals surface area contributed by atoms with Gasteiger partial charge in [-0.05, 0) is 57.1 Å². The van der Waals surface area contributed by atoms with E-state index in [4.69, 9.17) is 11.5 Å². The van der Waals surface area contributed by atoms with Crippen molar-refractivity contribution in [3.05, 3.63) is 35.9 Å². The standard InChI is InChI=1S/C21H32N4O4/c22-13-5-4-9-17(20(27)25-14-6-10-18(25)21(28)29)24-19(26)16(23)12-11-15-7-2-1-3-8-15/h1-3,7-8,16-18H,4-6,9-14,22-23H2,(H,24,26)(H,28,29)/t16-,17-,18-/m0/s1. The fourth-order valence-corrected chi connectivity index (χ4v) is 3.61. The third-order valence-electron chi connectivity index (χ3n) is 5.31. The molecule has 8 heteroatoms. The normalized spacial score (nSPS) is 18.3. The molecule has 2 amide bonds. The first-order chi connectivity index (χ1) is 13.9. The summed E-state index contributed by atoms with van der Waals surface area (Å²) in [5.74, 6) is -1.75. The van der Waals surface area contributed by atoms with Crippen LogP contribution in [0.25, 0.3) is 0 Å². The Morgan fingerprint density at radius 3 is 2.55 bits per heavy atom. The Morgan fingerprint density at radius 1 is 1.17 bits per heavy atom. The van der Waals surface area contributed by atoms with Gasteiger partial charge in [0.2, 0.25) is 11.8 Å². The summed E-state index contributed by atoms with van der Waals surface area (Å²) in [6.45, 7) is 0.881. The van der Waals surface area contributed by atoms with Gasteiger partial charge in [0.15, 0.2) is 0 Å². The first-order valence-corrected chi connectivity index (χ1v) is 10.3. The number of likely N-dealkylation sites (tertiary alicyclic amines) is 1. The van der Waals surface area contributed by atoms with E-state index in [-0.39, 0.29) is 5.91 Å². The predicted octanol–water partition coefficient (Wildman–Crippen LogP) is 0.636. The summed E-state index contributed by atoms with van der Waals surface area (Å²) in [5.41, 5.74) is 12.7. The second-order valence-corrected chi connectivity index (χ2v) is 7.50. The summed E-state index contributed by atoms with van der Waals surface area (Å²) < 4.78 is 0. The number of hydrogen-bond donors (Lipinski definition) is 4. The average Bonchev–Trinajstić information content (AvgIpc) is 3.21. The Hall–Kier alpha value is -2.45. The van der Waals surface area contributed by atoms with Gasteiger partial charge in [-0.2, -0.15) is 0 Å². The molecule has 0 unspecified atom stereocenters. The van der Waals surface area contributed by atoms with E-state index in [0.29, 0.717) is 51.6 Å². The van der Waals surface area contributed by atoms with E-state index < -0.39 is 30.0 Å². The lowest BCUT2D eigenvalue weighted by molar-refractivity contribution is -0.149. The van der Waals surface area contributed by atoms with Crippen LogP contribution in [-0.2, 0) is 20.8 Å². The number of aryl methyl sites for hydroxylation is 1. The van der Waals surface area contributed by atoms with Crippen LogP contribution < -0.4 is 16.8 Å². The Morgan fingerprint density at radius 2 is 1.90 bits per heavy atom. The monoisotopic (exact) mass is 404 g/mol. The van der Waals surface area contributed by atoms with Crippen LogP contribution in [0.5, 0.6) is 0 Å². The van der Waals surface area contributed by atoms with Gasteiger partial charge in [-0.3, -0.25) is 9.59 Å². The van der Waals surface area contributed by atoms with Crippen LogP contribution in [0.1, 0.15) is 44.1 Å². The van der Waals surface area contributed by atoms with Gasteiger partial charge in [-0.15, -0.1) is 0 Å². The molecule has 1 aromatic rings. The Balaban J connectivity index is 1.97. The van der Waals surface area contributed by atoms with E-state index in [1.807, 2.05) is 30.3 Å². The lowest BCUT2D eigenvalue weighted by atomic mass is 10.0. The van der Waals surface area contributed by atoms with Crippen LogP contribution >= 0.6 is 0 Å². The SMILES string of the molecule is NCCCC[C@H](NC(=O)[C@@H](N)CCc1ccccc1)C(=O)N1CCC[C@H]1C(=O)O. The predicted molar refractivity (Wildman–Crippen MR) is 110 cm³/mol. The zero-order valence-electron chi connectivity index (χ0n) is 16.8. The lowest BCUT2D eigenvalue weighted by Crippen LogP contribution is -2.54. The van der Waals surface area contributed by atoms with Crippen molar-refractivity contribution in [1.29, 1.82) is 0 Å². The summed E-state index contributed by atoms with van der Waals surface area (Å²) in [5, 5.41) is 12.1. The van der Waals surface area contributed by atoms with E-state index >= 15 is 0 Å². The minimum Gasteiger partial charge on any atom is -0.480 e. The molecule has 0 spiro atoms. The van der Waals surface area contributed by atoms with Crippen molar-refractivity contribution >= 4 is 17.8 Å². The molecule has 29 heavy (non-hydrogen) atoms. The number of carbonyl (C=O) groups excluding carboxylic acids is 2. The topological polar surface area (TPSA) is 139 Å². The van der Waals surface area contributed by atoms with Crippen molar-refractivity contribution in [3.8, 4) is 0 Å². The molecule has 1 aromatic carbocycles. The molecule has 6 N–H and O–H groups in total. The molecule has 0 saturated carbocycles.